The number of rotatable bonds is 3. The number of hydrogen-bond donors (Lipinski definition) is 1. The van der Waals surface area contributed by atoms with E-state index in [1.54, 1.807) is 6.92 Å². The Balaban J connectivity index is 2.91. The number of halogens is 3. The van der Waals surface area contributed by atoms with Gasteiger partial charge in [-0.05, 0) is 13.3 Å². The van der Waals surface area contributed by atoms with Gasteiger partial charge in [-0.1, -0.05) is 13.8 Å². The summed E-state index contributed by atoms with van der Waals surface area (Å²) in [7, 11) is 1.34. The van der Waals surface area contributed by atoms with E-state index in [1.165, 1.54) is 14.0 Å². The van der Waals surface area contributed by atoms with Crippen molar-refractivity contribution in [3.8, 4) is 0 Å². The summed E-state index contributed by atoms with van der Waals surface area (Å²) in [4.78, 5) is 11.1. The van der Waals surface area contributed by atoms with Crippen molar-refractivity contribution in [2.45, 2.75) is 51.3 Å². The van der Waals surface area contributed by atoms with Crippen molar-refractivity contribution < 1.29 is 27.4 Å². The molecule has 4 atom stereocenters. The summed E-state index contributed by atoms with van der Waals surface area (Å²) < 4.78 is 47.5. The van der Waals surface area contributed by atoms with E-state index in [9.17, 15) is 18.0 Å². The van der Waals surface area contributed by atoms with E-state index in [-0.39, 0.29) is 12.0 Å². The van der Waals surface area contributed by atoms with E-state index < -0.39 is 23.9 Å². The van der Waals surface area contributed by atoms with Gasteiger partial charge in [0.2, 0.25) is 0 Å². The zero-order valence-corrected chi connectivity index (χ0v) is 10.8. The van der Waals surface area contributed by atoms with Crippen LogP contribution in [0.2, 0.25) is 0 Å². The lowest BCUT2D eigenvalue weighted by atomic mass is 9.84. The molecule has 1 aliphatic rings. The van der Waals surface area contributed by atoms with E-state index in [4.69, 9.17) is 9.47 Å². The summed E-state index contributed by atoms with van der Waals surface area (Å²) in [6, 6.07) is 0. The highest BCUT2D eigenvalue weighted by Gasteiger charge is 2.54. The summed E-state index contributed by atoms with van der Waals surface area (Å²) in [6.07, 6.45) is -5.40. The summed E-state index contributed by atoms with van der Waals surface area (Å²) in [5, 5.41) is 2.00. The normalized spacial score (nSPS) is 36.7. The predicted octanol–water partition coefficient (Wildman–Crippen LogP) is 1.84. The number of ether oxygens (including phenoxy) is 2. The first-order valence-corrected chi connectivity index (χ1v) is 5.74. The first kappa shape index (κ1) is 15.2. The van der Waals surface area contributed by atoms with Crippen LogP contribution in [0.1, 0.15) is 27.2 Å². The molecule has 1 rings (SSSR count). The molecule has 0 bridgehead atoms. The lowest BCUT2D eigenvalue weighted by Gasteiger charge is -2.34. The van der Waals surface area contributed by atoms with Gasteiger partial charge in [0.25, 0.3) is 0 Å². The van der Waals surface area contributed by atoms with Crippen molar-refractivity contribution >= 4 is 5.91 Å². The highest BCUT2D eigenvalue weighted by Crippen LogP contribution is 2.38. The molecule has 18 heavy (non-hydrogen) atoms. The second-order valence-corrected chi connectivity index (χ2v) is 4.67. The van der Waals surface area contributed by atoms with Crippen LogP contribution in [0.3, 0.4) is 0 Å². The molecule has 1 saturated heterocycles. The molecule has 0 unspecified atom stereocenters. The Bertz CT molecular complexity index is 317. The standard InChI is InChI=1S/C11H18F3NO3/c1-5-7-6(2)10(3,9(17-4)18-7)15-8(16)11(12,13)14/h6-7,9H,5H2,1-4H3,(H,15,16)/t6-,7-,9+,10-/m1/s1. The van der Waals surface area contributed by atoms with E-state index in [0.717, 1.165) is 0 Å². The van der Waals surface area contributed by atoms with Crippen LogP contribution >= 0.6 is 0 Å². The number of hydrogen-bond acceptors (Lipinski definition) is 3. The highest BCUT2D eigenvalue weighted by molar-refractivity contribution is 5.82. The van der Waals surface area contributed by atoms with Crippen molar-refractivity contribution in [2.24, 2.45) is 5.92 Å². The zero-order chi connectivity index (χ0) is 14.1. The van der Waals surface area contributed by atoms with Crippen LogP contribution < -0.4 is 5.32 Å². The maximum absolute atomic E-state index is 12.3. The Labute approximate surface area is 104 Å². The lowest BCUT2D eigenvalue weighted by molar-refractivity contribution is -0.182. The van der Waals surface area contributed by atoms with E-state index in [1.807, 2.05) is 12.2 Å². The number of nitrogens with one attached hydrogen (secondary N) is 1. The molecular weight excluding hydrogens is 251 g/mol. The van der Waals surface area contributed by atoms with Crippen LogP contribution in [0.4, 0.5) is 13.2 Å². The first-order chi connectivity index (χ1) is 8.16. The largest absolute Gasteiger partial charge is 0.471 e. The van der Waals surface area contributed by atoms with Gasteiger partial charge in [-0.2, -0.15) is 13.2 Å². The van der Waals surface area contributed by atoms with Crippen molar-refractivity contribution in [2.75, 3.05) is 7.11 Å². The first-order valence-electron chi connectivity index (χ1n) is 5.74. The van der Waals surface area contributed by atoms with E-state index in [0.29, 0.717) is 6.42 Å². The minimum absolute atomic E-state index is 0.242. The van der Waals surface area contributed by atoms with Gasteiger partial charge in [-0.15, -0.1) is 0 Å². The number of carbonyl (C=O) groups is 1. The summed E-state index contributed by atoms with van der Waals surface area (Å²) in [6.45, 7) is 5.11. The monoisotopic (exact) mass is 269 g/mol. The van der Waals surface area contributed by atoms with Gasteiger partial charge in [0.15, 0.2) is 6.29 Å². The summed E-state index contributed by atoms with van der Waals surface area (Å²) >= 11 is 0. The smallest absolute Gasteiger partial charge is 0.354 e. The molecule has 0 radical (unpaired) electrons. The van der Waals surface area contributed by atoms with Gasteiger partial charge in [-0.3, -0.25) is 4.79 Å². The molecule has 0 aromatic rings. The number of alkyl halides is 3. The Morgan fingerprint density at radius 1 is 1.50 bits per heavy atom. The fourth-order valence-electron chi connectivity index (χ4n) is 2.26. The molecule has 1 aliphatic heterocycles. The van der Waals surface area contributed by atoms with Gasteiger partial charge in [0.05, 0.1) is 11.6 Å². The topological polar surface area (TPSA) is 47.6 Å². The Kier molecular flexibility index (Phi) is 4.27. The minimum atomic E-state index is -4.91. The quantitative estimate of drug-likeness (QED) is 0.850. The predicted molar refractivity (Wildman–Crippen MR) is 57.7 cm³/mol. The van der Waals surface area contributed by atoms with Crippen LogP contribution in [0, 0.1) is 5.92 Å². The molecule has 1 N–H and O–H groups in total. The lowest BCUT2D eigenvalue weighted by Crippen LogP contribution is -2.59. The Morgan fingerprint density at radius 3 is 2.44 bits per heavy atom. The Morgan fingerprint density at radius 2 is 2.06 bits per heavy atom. The molecule has 0 aliphatic carbocycles. The van der Waals surface area contributed by atoms with Crippen LogP contribution in [0.15, 0.2) is 0 Å². The third-order valence-electron chi connectivity index (χ3n) is 3.55. The van der Waals surface area contributed by atoms with Gasteiger partial charge < -0.3 is 14.8 Å². The van der Waals surface area contributed by atoms with Crippen LogP contribution in [0.25, 0.3) is 0 Å². The molecule has 0 saturated carbocycles. The summed E-state index contributed by atoms with van der Waals surface area (Å²) in [5.74, 6) is -2.25. The number of carbonyl (C=O) groups excluding carboxylic acids is 1. The molecule has 0 spiro atoms. The molecule has 7 heteroatoms. The minimum Gasteiger partial charge on any atom is -0.354 e. The number of methoxy groups -OCH3 is 1. The molecule has 0 aromatic carbocycles. The van der Waals surface area contributed by atoms with Crippen LogP contribution in [-0.4, -0.2) is 37.1 Å². The molecular formula is C11H18F3NO3. The van der Waals surface area contributed by atoms with Gasteiger partial charge in [0.1, 0.15) is 0 Å². The second kappa shape index (κ2) is 5.05. The highest BCUT2D eigenvalue weighted by atomic mass is 19.4. The average Bonchev–Trinajstić information content (AvgIpc) is 2.50. The fraction of sp³-hybridized carbons (Fsp3) is 0.909. The maximum atomic E-state index is 12.3. The molecule has 106 valence electrons. The van der Waals surface area contributed by atoms with Crippen molar-refractivity contribution in [1.29, 1.82) is 0 Å². The second-order valence-electron chi connectivity index (χ2n) is 4.67. The maximum Gasteiger partial charge on any atom is 0.471 e. The van der Waals surface area contributed by atoms with Gasteiger partial charge >= 0.3 is 12.1 Å². The van der Waals surface area contributed by atoms with E-state index in [2.05, 4.69) is 0 Å². The van der Waals surface area contributed by atoms with Crippen molar-refractivity contribution in [3.05, 3.63) is 0 Å². The third-order valence-corrected chi connectivity index (χ3v) is 3.55. The zero-order valence-electron chi connectivity index (χ0n) is 10.8. The average molecular weight is 269 g/mol. The molecule has 1 amide bonds. The van der Waals surface area contributed by atoms with Crippen molar-refractivity contribution in [1.82, 2.24) is 5.32 Å². The Hall–Kier alpha value is -0.820. The SMILES string of the molecule is CC[C@H]1O[C@H](OC)[C@](C)(NC(=O)C(F)(F)F)[C@@H]1C. The molecule has 1 fully saturated rings. The molecule has 0 aromatic heterocycles. The van der Waals surface area contributed by atoms with Crippen LogP contribution in [0.5, 0.6) is 0 Å². The molecule has 4 nitrogen and oxygen atoms in total. The summed E-state index contributed by atoms with van der Waals surface area (Å²) in [5.41, 5.74) is -1.19. The number of amides is 1. The van der Waals surface area contributed by atoms with Crippen molar-refractivity contribution in [3.63, 3.8) is 0 Å². The van der Waals surface area contributed by atoms with Crippen LogP contribution in [-0.2, 0) is 14.3 Å². The van der Waals surface area contributed by atoms with E-state index >= 15 is 0 Å². The van der Waals surface area contributed by atoms with Gasteiger partial charge in [-0.25, -0.2) is 0 Å². The van der Waals surface area contributed by atoms with Gasteiger partial charge in [0, 0.05) is 13.0 Å². The fourth-order valence-corrected chi connectivity index (χ4v) is 2.26. The third kappa shape index (κ3) is 2.61. The molecule has 1 heterocycles.